The second kappa shape index (κ2) is 6.20. The molecule has 6 nitrogen and oxygen atoms in total. The molecule has 1 fully saturated rings. The molecule has 0 atom stereocenters. The number of aromatic nitrogens is 5. The third kappa shape index (κ3) is 2.66. The first-order valence-electron chi connectivity index (χ1n) is 9.36. The zero-order chi connectivity index (χ0) is 17.5. The highest BCUT2D eigenvalue weighted by atomic mass is 15.5. The Morgan fingerprint density at radius 3 is 2.65 bits per heavy atom. The van der Waals surface area contributed by atoms with Gasteiger partial charge >= 0.3 is 0 Å². The van der Waals surface area contributed by atoms with Gasteiger partial charge in [0, 0.05) is 29.9 Å². The molecule has 2 aromatic heterocycles. The number of hydrogen-bond donors (Lipinski definition) is 0. The van der Waals surface area contributed by atoms with Crippen molar-refractivity contribution in [2.75, 3.05) is 18.0 Å². The number of nitrogens with zero attached hydrogens (tertiary/aromatic N) is 6. The second-order valence-electron chi connectivity index (χ2n) is 7.24. The van der Waals surface area contributed by atoms with Crippen molar-refractivity contribution >= 4 is 5.82 Å². The Labute approximate surface area is 152 Å². The van der Waals surface area contributed by atoms with Crippen LogP contribution in [0.2, 0.25) is 0 Å². The maximum Gasteiger partial charge on any atom is 0.135 e. The number of anilines is 1. The first kappa shape index (κ1) is 15.5. The van der Waals surface area contributed by atoms with E-state index in [0.29, 0.717) is 6.04 Å². The van der Waals surface area contributed by atoms with Crippen LogP contribution in [0.3, 0.4) is 0 Å². The molecule has 3 heterocycles. The lowest BCUT2D eigenvalue weighted by atomic mass is 9.95. The van der Waals surface area contributed by atoms with Gasteiger partial charge in [-0.15, -0.1) is 5.10 Å². The van der Waals surface area contributed by atoms with Crippen LogP contribution in [-0.4, -0.2) is 38.1 Å². The van der Waals surface area contributed by atoms with Crippen molar-refractivity contribution in [2.45, 2.75) is 38.6 Å². The summed E-state index contributed by atoms with van der Waals surface area (Å²) < 4.78 is 2.00. The Morgan fingerprint density at radius 1 is 1.00 bits per heavy atom. The predicted octanol–water partition coefficient (Wildman–Crippen LogP) is 2.98. The summed E-state index contributed by atoms with van der Waals surface area (Å²) in [6.07, 6.45) is 6.73. The van der Waals surface area contributed by atoms with Crippen molar-refractivity contribution in [3.63, 3.8) is 0 Å². The number of benzene rings is 1. The maximum absolute atomic E-state index is 4.76. The Balaban J connectivity index is 1.34. The Morgan fingerprint density at radius 2 is 1.81 bits per heavy atom. The van der Waals surface area contributed by atoms with E-state index in [1.165, 1.54) is 24.1 Å². The predicted molar refractivity (Wildman–Crippen MR) is 100 cm³/mol. The topological polar surface area (TPSA) is 59.7 Å². The van der Waals surface area contributed by atoms with Gasteiger partial charge in [-0.1, -0.05) is 35.5 Å². The average Bonchev–Trinajstić information content (AvgIpc) is 3.11. The summed E-state index contributed by atoms with van der Waals surface area (Å²) in [6, 6.07) is 10.6. The van der Waals surface area contributed by atoms with E-state index in [2.05, 4.69) is 38.5 Å². The SMILES string of the molecule is Cc1nc2c(c(N3CC(n4cc(-c5ccccc5)nn4)C3)n1)CCCC2. The van der Waals surface area contributed by atoms with Crippen molar-refractivity contribution in [2.24, 2.45) is 0 Å². The van der Waals surface area contributed by atoms with Crippen molar-refractivity contribution in [3.05, 3.63) is 53.6 Å². The second-order valence-corrected chi connectivity index (χ2v) is 7.24. The highest BCUT2D eigenvalue weighted by molar-refractivity contribution is 5.57. The summed E-state index contributed by atoms with van der Waals surface area (Å²) in [6.45, 7) is 3.86. The summed E-state index contributed by atoms with van der Waals surface area (Å²) >= 11 is 0. The molecule has 1 aromatic carbocycles. The van der Waals surface area contributed by atoms with Crippen LogP contribution in [-0.2, 0) is 12.8 Å². The van der Waals surface area contributed by atoms with E-state index in [1.54, 1.807) is 0 Å². The summed E-state index contributed by atoms with van der Waals surface area (Å²) in [5.41, 5.74) is 4.66. The number of fused-ring (bicyclic) bond motifs is 1. The van der Waals surface area contributed by atoms with Gasteiger partial charge in [0.25, 0.3) is 0 Å². The molecule has 5 rings (SSSR count). The molecule has 0 radical (unpaired) electrons. The van der Waals surface area contributed by atoms with Gasteiger partial charge in [0.05, 0.1) is 12.2 Å². The normalized spacial score (nSPS) is 17.0. The van der Waals surface area contributed by atoms with Crippen LogP contribution in [0.15, 0.2) is 36.5 Å². The third-order valence-corrected chi connectivity index (χ3v) is 5.39. The van der Waals surface area contributed by atoms with Gasteiger partial charge in [-0.3, -0.25) is 0 Å². The Kier molecular flexibility index (Phi) is 3.69. The van der Waals surface area contributed by atoms with Crippen LogP contribution in [0.5, 0.6) is 0 Å². The van der Waals surface area contributed by atoms with Gasteiger partial charge in [0.1, 0.15) is 17.3 Å². The summed E-state index contributed by atoms with van der Waals surface area (Å²) in [5, 5.41) is 8.70. The van der Waals surface area contributed by atoms with E-state index in [-0.39, 0.29) is 0 Å². The summed E-state index contributed by atoms with van der Waals surface area (Å²) in [7, 11) is 0. The van der Waals surface area contributed by atoms with Gasteiger partial charge in [0.15, 0.2) is 0 Å². The molecule has 2 aliphatic rings. The molecule has 3 aromatic rings. The van der Waals surface area contributed by atoms with E-state index >= 15 is 0 Å². The molecule has 0 unspecified atom stereocenters. The fraction of sp³-hybridized carbons (Fsp3) is 0.400. The van der Waals surface area contributed by atoms with E-state index in [1.807, 2.05) is 29.8 Å². The molecule has 0 saturated carbocycles. The highest BCUT2D eigenvalue weighted by Crippen LogP contribution is 2.33. The minimum Gasteiger partial charge on any atom is -0.352 e. The van der Waals surface area contributed by atoms with Gasteiger partial charge in [-0.05, 0) is 32.6 Å². The van der Waals surface area contributed by atoms with E-state index in [4.69, 9.17) is 4.98 Å². The average molecular weight is 346 g/mol. The molecule has 132 valence electrons. The van der Waals surface area contributed by atoms with Crippen LogP contribution < -0.4 is 4.90 Å². The van der Waals surface area contributed by atoms with Crippen LogP contribution in [0, 0.1) is 6.92 Å². The smallest absolute Gasteiger partial charge is 0.135 e. The Hall–Kier alpha value is -2.76. The van der Waals surface area contributed by atoms with Crippen LogP contribution in [0.25, 0.3) is 11.3 Å². The molecule has 0 bridgehead atoms. The van der Waals surface area contributed by atoms with Gasteiger partial charge in [-0.2, -0.15) is 0 Å². The van der Waals surface area contributed by atoms with E-state index in [9.17, 15) is 0 Å². The minimum absolute atomic E-state index is 0.356. The molecule has 0 amide bonds. The van der Waals surface area contributed by atoms with Gasteiger partial charge in [-0.25, -0.2) is 14.6 Å². The molecule has 0 spiro atoms. The first-order chi connectivity index (χ1) is 12.8. The molecular formula is C20H22N6. The standard InChI is InChI=1S/C20H22N6/c1-14-21-18-10-6-5-9-17(18)20(22-14)25-11-16(12-25)26-13-19(23-24-26)15-7-3-2-4-8-15/h2-4,7-8,13,16H,5-6,9-12H2,1H3. The van der Waals surface area contributed by atoms with Crippen LogP contribution in [0.4, 0.5) is 5.82 Å². The number of aryl methyl sites for hydroxylation is 2. The molecule has 26 heavy (non-hydrogen) atoms. The monoisotopic (exact) mass is 346 g/mol. The van der Waals surface area contributed by atoms with Gasteiger partial charge < -0.3 is 4.90 Å². The number of rotatable bonds is 3. The van der Waals surface area contributed by atoms with Crippen LogP contribution >= 0.6 is 0 Å². The highest BCUT2D eigenvalue weighted by Gasteiger charge is 2.33. The summed E-state index contributed by atoms with van der Waals surface area (Å²) in [5.74, 6) is 2.03. The fourth-order valence-corrected chi connectivity index (χ4v) is 3.95. The maximum atomic E-state index is 4.76. The molecular weight excluding hydrogens is 324 g/mol. The zero-order valence-corrected chi connectivity index (χ0v) is 15.0. The lowest BCUT2D eigenvalue weighted by Crippen LogP contribution is -2.49. The molecule has 1 saturated heterocycles. The number of hydrogen-bond acceptors (Lipinski definition) is 5. The quantitative estimate of drug-likeness (QED) is 0.730. The molecule has 1 aliphatic heterocycles. The lowest BCUT2D eigenvalue weighted by molar-refractivity contribution is 0.357. The van der Waals surface area contributed by atoms with E-state index in [0.717, 1.165) is 48.8 Å². The zero-order valence-electron chi connectivity index (χ0n) is 15.0. The Bertz CT molecular complexity index is 927. The molecule has 6 heteroatoms. The van der Waals surface area contributed by atoms with Gasteiger partial charge in [0.2, 0.25) is 0 Å². The summed E-state index contributed by atoms with van der Waals surface area (Å²) in [4.78, 5) is 11.8. The van der Waals surface area contributed by atoms with Crippen molar-refractivity contribution < 1.29 is 0 Å². The molecule has 1 aliphatic carbocycles. The van der Waals surface area contributed by atoms with Crippen molar-refractivity contribution in [1.29, 1.82) is 0 Å². The van der Waals surface area contributed by atoms with Crippen molar-refractivity contribution in [3.8, 4) is 11.3 Å². The first-order valence-corrected chi connectivity index (χ1v) is 9.36. The lowest BCUT2D eigenvalue weighted by Gasteiger charge is -2.41. The third-order valence-electron chi connectivity index (χ3n) is 5.39. The van der Waals surface area contributed by atoms with Crippen LogP contribution in [0.1, 0.15) is 36.0 Å². The van der Waals surface area contributed by atoms with Crippen molar-refractivity contribution in [1.82, 2.24) is 25.0 Å². The fourth-order valence-electron chi connectivity index (χ4n) is 3.95. The minimum atomic E-state index is 0.356. The largest absolute Gasteiger partial charge is 0.352 e. The van der Waals surface area contributed by atoms with E-state index < -0.39 is 0 Å². The molecule has 0 N–H and O–H groups in total.